The molecule has 78 heavy (non-hydrogen) atoms. The largest absolute Gasteiger partial charge is 0.456 e. The molecule has 6 heterocycles. The Morgan fingerprint density at radius 2 is 0.526 bits per heavy atom. The Morgan fingerprint density at radius 3 is 0.923 bits per heavy atom. The minimum atomic E-state index is 0.887. The van der Waals surface area contributed by atoms with Gasteiger partial charge >= 0.3 is 0 Å². The zero-order valence-electron chi connectivity index (χ0n) is 41.6. The Hall–Kier alpha value is -9.72. The molecule has 6 aromatic heterocycles. The topological polar surface area (TPSA) is 36.1 Å². The highest BCUT2D eigenvalue weighted by Gasteiger charge is 2.21. The van der Waals surface area contributed by atoms with Gasteiger partial charge in [-0.15, -0.1) is 22.7 Å². The Balaban J connectivity index is 0.849. The molecule has 0 spiro atoms. The second kappa shape index (κ2) is 15.9. The van der Waals surface area contributed by atoms with Gasteiger partial charge in [0.2, 0.25) is 0 Å². The fourth-order valence-electron chi connectivity index (χ4n) is 12.8. The summed E-state index contributed by atoms with van der Waals surface area (Å²) in [6.45, 7) is 0. The zero-order valence-corrected chi connectivity index (χ0v) is 43.3. The van der Waals surface area contributed by atoms with Crippen molar-refractivity contribution in [2.75, 3.05) is 0 Å². The van der Waals surface area contributed by atoms with E-state index in [0.717, 1.165) is 88.4 Å². The summed E-state index contributed by atoms with van der Waals surface area (Å²) in [5.74, 6) is 0. The molecule has 0 atom stereocenters. The first-order valence-electron chi connectivity index (χ1n) is 26.4. The van der Waals surface area contributed by atoms with Crippen LogP contribution in [0.1, 0.15) is 0 Å². The van der Waals surface area contributed by atoms with Gasteiger partial charge in [-0.2, -0.15) is 0 Å². The Labute approximate surface area is 453 Å². The second-order valence-electron chi connectivity index (χ2n) is 20.8. The summed E-state index contributed by atoms with van der Waals surface area (Å²) in [6.07, 6.45) is 0. The molecule has 12 aromatic carbocycles. The molecule has 0 aliphatic carbocycles. The number of furan rings is 2. The first kappa shape index (κ1) is 42.5. The number of aromatic nitrogens is 2. The minimum Gasteiger partial charge on any atom is -0.456 e. The number of rotatable bonds is 5. The molecule has 0 N–H and O–H groups in total. The molecule has 4 nitrogen and oxygen atoms in total. The number of hydrogen-bond donors (Lipinski definition) is 0. The third kappa shape index (κ3) is 6.15. The number of thiophene rings is 2. The molecule has 0 amide bonds. The third-order valence-corrected chi connectivity index (χ3v) is 18.8. The first-order valence-corrected chi connectivity index (χ1v) is 28.1. The van der Waals surface area contributed by atoms with Crippen LogP contribution in [0.2, 0.25) is 0 Å². The predicted octanol–water partition coefficient (Wildman–Crippen LogP) is 21.4. The van der Waals surface area contributed by atoms with Crippen LogP contribution in [0.4, 0.5) is 0 Å². The Morgan fingerprint density at radius 1 is 0.218 bits per heavy atom. The maximum absolute atomic E-state index is 6.34. The van der Waals surface area contributed by atoms with E-state index in [1.165, 1.54) is 84.1 Å². The smallest absolute Gasteiger partial charge is 0.135 e. The number of benzene rings is 12. The van der Waals surface area contributed by atoms with Crippen LogP contribution in [0.3, 0.4) is 0 Å². The highest BCUT2D eigenvalue weighted by Crippen LogP contribution is 2.44. The van der Waals surface area contributed by atoms with E-state index < -0.39 is 0 Å². The third-order valence-electron chi connectivity index (χ3n) is 16.5. The molecule has 0 unspecified atom stereocenters. The average molecular weight is 1030 g/mol. The summed E-state index contributed by atoms with van der Waals surface area (Å²) < 4.78 is 22.8. The molecule has 362 valence electrons. The maximum Gasteiger partial charge on any atom is 0.135 e. The average Bonchev–Trinajstić information content (AvgIpc) is 4.55. The van der Waals surface area contributed by atoms with Crippen LogP contribution in [0.5, 0.6) is 0 Å². The van der Waals surface area contributed by atoms with Gasteiger partial charge in [-0.05, 0) is 167 Å². The van der Waals surface area contributed by atoms with Crippen molar-refractivity contribution in [2.24, 2.45) is 0 Å². The molecule has 0 saturated carbocycles. The lowest BCUT2D eigenvalue weighted by Gasteiger charge is -2.10. The number of para-hydroxylation sites is 2. The lowest BCUT2D eigenvalue weighted by Crippen LogP contribution is -1.94. The zero-order chi connectivity index (χ0) is 50.7. The van der Waals surface area contributed by atoms with Crippen LogP contribution < -0.4 is 0 Å². The van der Waals surface area contributed by atoms with Gasteiger partial charge < -0.3 is 18.0 Å². The predicted molar refractivity (Wildman–Crippen MR) is 332 cm³/mol. The van der Waals surface area contributed by atoms with Crippen LogP contribution in [-0.2, 0) is 0 Å². The lowest BCUT2D eigenvalue weighted by atomic mass is 9.98. The van der Waals surface area contributed by atoms with E-state index in [1.54, 1.807) is 0 Å². The summed E-state index contributed by atoms with van der Waals surface area (Å²) in [5.41, 5.74) is 17.5. The molecule has 18 rings (SSSR count). The fourth-order valence-corrected chi connectivity index (χ4v) is 15.0. The monoisotopic (exact) mass is 1030 g/mol. The van der Waals surface area contributed by atoms with Crippen molar-refractivity contribution in [1.29, 1.82) is 0 Å². The number of nitrogens with zero attached hydrogens (tertiary/aromatic N) is 2. The second-order valence-corrected chi connectivity index (χ2v) is 22.9. The summed E-state index contributed by atoms with van der Waals surface area (Å²) in [5, 5.41) is 14.5. The van der Waals surface area contributed by atoms with Gasteiger partial charge in [0, 0.05) is 94.8 Å². The lowest BCUT2D eigenvalue weighted by molar-refractivity contribution is 0.668. The van der Waals surface area contributed by atoms with Gasteiger partial charge in [-0.25, -0.2) is 0 Å². The summed E-state index contributed by atoms with van der Waals surface area (Å²) in [4.78, 5) is 0. The SMILES string of the molecule is c1ccc2c(c1)oc1ccc(-n3c4ccc(-c5ccc6sc7ccccc7c6c5)cc4c4cc(-c5ccc6c(c5)c5cc(-c7ccc8sc9ccccc9c8c7)ccc5n6-c5ccc6oc7ccccc7c6c5)ccc43)cc12. The van der Waals surface area contributed by atoms with E-state index in [0.29, 0.717) is 0 Å². The molecule has 0 radical (unpaired) electrons. The Kier molecular flexibility index (Phi) is 8.67. The van der Waals surface area contributed by atoms with E-state index in [2.05, 4.69) is 240 Å². The van der Waals surface area contributed by atoms with Crippen molar-refractivity contribution < 1.29 is 8.83 Å². The van der Waals surface area contributed by atoms with Crippen LogP contribution in [-0.4, -0.2) is 9.13 Å². The van der Waals surface area contributed by atoms with Gasteiger partial charge in [0.05, 0.1) is 22.1 Å². The molecule has 6 heteroatoms. The number of hydrogen-bond acceptors (Lipinski definition) is 4. The minimum absolute atomic E-state index is 0.887. The van der Waals surface area contributed by atoms with E-state index in [1.807, 2.05) is 34.8 Å². The van der Waals surface area contributed by atoms with Crippen LogP contribution in [0.25, 0.3) is 173 Å². The van der Waals surface area contributed by atoms with Crippen molar-refractivity contribution >= 4 is 151 Å². The van der Waals surface area contributed by atoms with Crippen molar-refractivity contribution in [3.63, 3.8) is 0 Å². The molecule has 0 fully saturated rings. The van der Waals surface area contributed by atoms with Crippen molar-refractivity contribution in [1.82, 2.24) is 9.13 Å². The van der Waals surface area contributed by atoms with Crippen molar-refractivity contribution in [3.05, 3.63) is 243 Å². The highest BCUT2D eigenvalue weighted by atomic mass is 32.1. The fraction of sp³-hybridized carbons (Fsp3) is 0. The highest BCUT2D eigenvalue weighted by molar-refractivity contribution is 7.26. The van der Waals surface area contributed by atoms with Crippen molar-refractivity contribution in [3.8, 4) is 44.8 Å². The maximum atomic E-state index is 6.34. The van der Waals surface area contributed by atoms with Crippen molar-refractivity contribution in [2.45, 2.75) is 0 Å². The van der Waals surface area contributed by atoms with Crippen LogP contribution >= 0.6 is 22.7 Å². The van der Waals surface area contributed by atoms with Gasteiger partial charge in [0.25, 0.3) is 0 Å². The normalized spacial score (nSPS) is 12.4. The van der Waals surface area contributed by atoms with Crippen LogP contribution in [0, 0.1) is 0 Å². The van der Waals surface area contributed by atoms with Gasteiger partial charge in [0.1, 0.15) is 22.3 Å². The molecule has 0 bridgehead atoms. The molecular formula is C72H40N2O2S2. The molecular weight excluding hydrogens is 989 g/mol. The first-order chi connectivity index (χ1) is 38.6. The number of fused-ring (bicyclic) bond motifs is 18. The quantitative estimate of drug-likeness (QED) is 0.172. The summed E-state index contributed by atoms with van der Waals surface area (Å²) in [6, 6.07) is 89.5. The molecule has 0 saturated heterocycles. The molecule has 0 aliphatic rings. The Bertz CT molecular complexity index is 5250. The van der Waals surface area contributed by atoms with E-state index in [4.69, 9.17) is 8.83 Å². The van der Waals surface area contributed by atoms with Gasteiger partial charge in [-0.3, -0.25) is 0 Å². The summed E-state index contributed by atoms with van der Waals surface area (Å²) in [7, 11) is 0. The van der Waals surface area contributed by atoms with Gasteiger partial charge in [-0.1, -0.05) is 109 Å². The standard InChI is InChI=1S/C72H40N2O2S2/c1-5-13-65-49(9-1)57-39-47(23-29-67(57)75-65)73-61-25-17-41(33-53(61)55-35-43(19-27-63(55)73)45-21-31-71-59(37-45)51-11-3-7-15-69(51)77-71)42-18-26-62-54(34-42)56-36-44(46-22-32-72-60(38-46)52-12-4-8-16-70(52)78-72)20-28-64(56)74(62)48-24-30-68-58(40-48)50-10-2-6-14-66(50)76-68/h1-40H. The van der Waals surface area contributed by atoms with Gasteiger partial charge in [0.15, 0.2) is 0 Å². The molecule has 18 aromatic rings. The van der Waals surface area contributed by atoms with E-state index in [9.17, 15) is 0 Å². The molecule has 0 aliphatic heterocycles. The van der Waals surface area contributed by atoms with E-state index >= 15 is 0 Å². The van der Waals surface area contributed by atoms with E-state index in [-0.39, 0.29) is 0 Å². The van der Waals surface area contributed by atoms with Crippen LogP contribution in [0.15, 0.2) is 251 Å². The summed E-state index contributed by atoms with van der Waals surface area (Å²) >= 11 is 3.72.